The van der Waals surface area contributed by atoms with Gasteiger partial charge in [0.1, 0.15) is 23.9 Å². The molecule has 2 aromatic carbocycles. The summed E-state index contributed by atoms with van der Waals surface area (Å²) in [5, 5.41) is 4.89. The molecule has 0 saturated heterocycles. The minimum absolute atomic E-state index is 0.345. The molecule has 0 unspecified atom stereocenters. The van der Waals surface area contributed by atoms with Crippen LogP contribution in [-0.4, -0.2) is 11.8 Å². The van der Waals surface area contributed by atoms with Crippen LogP contribution >= 0.6 is 11.6 Å². The van der Waals surface area contributed by atoms with E-state index in [1.54, 1.807) is 36.4 Å². The number of halogens is 2. The maximum atomic E-state index is 13.9. The molecule has 0 aliphatic rings. The smallest absolute Gasteiger partial charge is 0.172 e. The molecule has 0 atom stereocenters. The molecule has 3 nitrogen and oxygen atoms in total. The zero-order valence-electron chi connectivity index (χ0n) is 11.0. The van der Waals surface area contributed by atoms with Crippen molar-refractivity contribution in [2.45, 2.75) is 0 Å². The van der Waals surface area contributed by atoms with Gasteiger partial charge in [0.15, 0.2) is 5.58 Å². The van der Waals surface area contributed by atoms with E-state index in [2.05, 4.69) is 11.7 Å². The third kappa shape index (κ3) is 2.50. The zero-order valence-corrected chi connectivity index (χ0v) is 11.7. The van der Waals surface area contributed by atoms with Crippen LogP contribution in [0.15, 0.2) is 53.6 Å². The highest BCUT2D eigenvalue weighted by Crippen LogP contribution is 2.37. The highest BCUT2D eigenvalue weighted by atomic mass is 35.5. The van der Waals surface area contributed by atoms with Crippen molar-refractivity contribution >= 4 is 22.6 Å². The molecule has 0 saturated carbocycles. The maximum absolute atomic E-state index is 13.9. The molecule has 0 bridgehead atoms. The van der Waals surface area contributed by atoms with E-state index in [1.807, 2.05) is 0 Å². The fourth-order valence-electron chi connectivity index (χ4n) is 2.08. The molecule has 3 rings (SSSR count). The minimum atomic E-state index is -0.379. The van der Waals surface area contributed by atoms with E-state index in [9.17, 15) is 4.39 Å². The van der Waals surface area contributed by atoms with Crippen LogP contribution in [0.25, 0.3) is 22.2 Å². The summed E-state index contributed by atoms with van der Waals surface area (Å²) in [6.07, 6.45) is 1.63. The Morgan fingerprint density at radius 2 is 2.14 bits per heavy atom. The summed E-state index contributed by atoms with van der Waals surface area (Å²) in [6, 6.07) is 9.66. The lowest BCUT2D eigenvalue weighted by Gasteiger charge is -2.04. The van der Waals surface area contributed by atoms with Crippen LogP contribution in [-0.2, 0) is 0 Å². The van der Waals surface area contributed by atoms with Gasteiger partial charge in [-0.15, -0.1) is 0 Å². The van der Waals surface area contributed by atoms with Crippen molar-refractivity contribution in [3.63, 3.8) is 0 Å². The summed E-state index contributed by atoms with van der Waals surface area (Å²) < 4.78 is 24.6. The summed E-state index contributed by atoms with van der Waals surface area (Å²) in [5.74, 6) is 0.166. The monoisotopic (exact) mass is 303 g/mol. The van der Waals surface area contributed by atoms with Crippen molar-refractivity contribution in [3.8, 4) is 17.0 Å². The first-order valence-corrected chi connectivity index (χ1v) is 6.66. The molecule has 1 aromatic heterocycles. The second-order valence-corrected chi connectivity index (χ2v) is 4.80. The lowest BCUT2D eigenvalue weighted by Crippen LogP contribution is -1.92. The van der Waals surface area contributed by atoms with E-state index in [1.165, 1.54) is 6.07 Å². The normalized spacial score (nSPS) is 10.8. The van der Waals surface area contributed by atoms with Gasteiger partial charge in [0.2, 0.25) is 0 Å². The number of fused-ring (bicyclic) bond motifs is 1. The van der Waals surface area contributed by atoms with E-state index in [0.29, 0.717) is 39.6 Å². The molecule has 0 N–H and O–H groups in total. The number of rotatable bonds is 4. The number of nitrogens with zero attached hydrogens (tertiary/aromatic N) is 1. The Labute approximate surface area is 125 Å². The van der Waals surface area contributed by atoms with Gasteiger partial charge in [-0.2, -0.15) is 0 Å². The van der Waals surface area contributed by atoms with Gasteiger partial charge in [-0.1, -0.05) is 41.5 Å². The summed E-state index contributed by atoms with van der Waals surface area (Å²) in [7, 11) is 0. The third-order valence-electron chi connectivity index (χ3n) is 3.00. The Kier molecular flexibility index (Phi) is 3.62. The molecule has 5 heteroatoms. The van der Waals surface area contributed by atoms with Gasteiger partial charge in [0.05, 0.1) is 10.4 Å². The van der Waals surface area contributed by atoms with Crippen molar-refractivity contribution < 1.29 is 13.7 Å². The Morgan fingerprint density at radius 3 is 2.90 bits per heavy atom. The zero-order chi connectivity index (χ0) is 14.8. The van der Waals surface area contributed by atoms with Gasteiger partial charge in [0, 0.05) is 11.6 Å². The number of benzene rings is 2. The quantitative estimate of drug-likeness (QED) is 0.646. The van der Waals surface area contributed by atoms with Crippen LogP contribution < -0.4 is 4.74 Å². The average molecular weight is 304 g/mol. The van der Waals surface area contributed by atoms with E-state index >= 15 is 0 Å². The van der Waals surface area contributed by atoms with Crippen LogP contribution in [0, 0.1) is 5.82 Å². The molecular formula is C16H11ClFNO2. The predicted octanol–water partition coefficient (Wildman–Crippen LogP) is 4.85. The van der Waals surface area contributed by atoms with Crippen LogP contribution in [0.4, 0.5) is 4.39 Å². The largest absolute Gasteiger partial charge is 0.489 e. The van der Waals surface area contributed by atoms with Crippen LogP contribution in [0.5, 0.6) is 5.75 Å². The van der Waals surface area contributed by atoms with Gasteiger partial charge >= 0.3 is 0 Å². The predicted molar refractivity (Wildman–Crippen MR) is 80.1 cm³/mol. The lowest BCUT2D eigenvalue weighted by atomic mass is 10.1. The lowest BCUT2D eigenvalue weighted by molar-refractivity contribution is 0.362. The van der Waals surface area contributed by atoms with Crippen molar-refractivity contribution in [3.05, 3.63) is 59.9 Å². The summed E-state index contributed by atoms with van der Waals surface area (Å²) in [5.41, 5.74) is 1.17. The Hall–Kier alpha value is -2.33. The van der Waals surface area contributed by atoms with Gasteiger partial charge < -0.3 is 9.26 Å². The number of ether oxygens (including phenoxy) is 1. The summed E-state index contributed by atoms with van der Waals surface area (Å²) >= 11 is 6.26. The van der Waals surface area contributed by atoms with Crippen molar-refractivity contribution in [1.29, 1.82) is 0 Å². The standard InChI is InChI=1S/C16H11ClFNO2/c1-2-7-20-10-8-12(17)15-14(9-10)21-19-16(15)11-5-3-4-6-13(11)18/h2-6,8-9H,1,7H2. The molecule has 0 fully saturated rings. The fraction of sp³-hybridized carbons (Fsp3) is 0.0625. The highest BCUT2D eigenvalue weighted by molar-refractivity contribution is 6.36. The topological polar surface area (TPSA) is 35.3 Å². The molecule has 1 heterocycles. The van der Waals surface area contributed by atoms with Crippen molar-refractivity contribution in [1.82, 2.24) is 5.16 Å². The highest BCUT2D eigenvalue weighted by Gasteiger charge is 2.17. The molecule has 0 spiro atoms. The van der Waals surface area contributed by atoms with Crippen LogP contribution in [0.1, 0.15) is 0 Å². The number of hydrogen-bond acceptors (Lipinski definition) is 3. The molecule has 0 radical (unpaired) electrons. The number of aromatic nitrogens is 1. The Morgan fingerprint density at radius 1 is 1.33 bits per heavy atom. The fourth-order valence-corrected chi connectivity index (χ4v) is 2.37. The Bertz CT molecular complexity index is 813. The maximum Gasteiger partial charge on any atom is 0.172 e. The molecular weight excluding hydrogens is 293 g/mol. The number of hydrogen-bond donors (Lipinski definition) is 0. The first-order chi connectivity index (χ1) is 10.2. The molecule has 21 heavy (non-hydrogen) atoms. The summed E-state index contributed by atoms with van der Waals surface area (Å²) in [6.45, 7) is 3.94. The molecule has 106 valence electrons. The molecule has 0 aliphatic heterocycles. The second kappa shape index (κ2) is 5.58. The molecule has 0 aliphatic carbocycles. The first kappa shape index (κ1) is 13.6. The minimum Gasteiger partial charge on any atom is -0.489 e. The van der Waals surface area contributed by atoms with Crippen LogP contribution in [0.2, 0.25) is 5.02 Å². The molecule has 0 amide bonds. The van der Waals surface area contributed by atoms with Gasteiger partial charge in [-0.05, 0) is 18.2 Å². The second-order valence-electron chi connectivity index (χ2n) is 4.39. The van der Waals surface area contributed by atoms with Crippen molar-refractivity contribution in [2.75, 3.05) is 6.61 Å². The summed E-state index contributed by atoms with van der Waals surface area (Å²) in [4.78, 5) is 0. The third-order valence-corrected chi connectivity index (χ3v) is 3.29. The van der Waals surface area contributed by atoms with E-state index in [0.717, 1.165) is 0 Å². The van der Waals surface area contributed by atoms with Crippen molar-refractivity contribution in [2.24, 2.45) is 0 Å². The van der Waals surface area contributed by atoms with Crippen LogP contribution in [0.3, 0.4) is 0 Å². The Balaban J connectivity index is 2.15. The molecule has 3 aromatic rings. The van der Waals surface area contributed by atoms with Gasteiger partial charge in [-0.3, -0.25) is 0 Å². The van der Waals surface area contributed by atoms with Gasteiger partial charge in [-0.25, -0.2) is 4.39 Å². The van der Waals surface area contributed by atoms with E-state index < -0.39 is 0 Å². The van der Waals surface area contributed by atoms with E-state index in [-0.39, 0.29) is 5.82 Å². The SMILES string of the molecule is C=CCOc1cc(Cl)c2c(-c3ccccc3F)noc2c1. The average Bonchev–Trinajstić information content (AvgIpc) is 2.90. The van der Waals surface area contributed by atoms with Gasteiger partial charge in [0.25, 0.3) is 0 Å². The van der Waals surface area contributed by atoms with E-state index in [4.69, 9.17) is 20.9 Å². The first-order valence-electron chi connectivity index (χ1n) is 6.28.